The highest BCUT2D eigenvalue weighted by atomic mass is 16.5. The minimum absolute atomic E-state index is 0.362. The molecule has 1 aliphatic heterocycles. The number of anilines is 1. The van der Waals surface area contributed by atoms with Gasteiger partial charge in [-0.05, 0) is 12.5 Å². The second-order valence-electron chi connectivity index (χ2n) is 4.08. The minimum Gasteiger partial charge on any atom is -0.388 e. The minimum atomic E-state index is -0.362. The summed E-state index contributed by atoms with van der Waals surface area (Å²) >= 11 is 0. The molecule has 0 aromatic heterocycles. The van der Waals surface area contributed by atoms with Crippen LogP contribution in [0.1, 0.15) is 25.0 Å². The Labute approximate surface area is 96.6 Å². The molecule has 0 amide bonds. The molecule has 1 aromatic rings. The van der Waals surface area contributed by atoms with E-state index < -0.39 is 0 Å². The molecule has 1 N–H and O–H groups in total. The Hall–Kier alpha value is -1.06. The predicted molar refractivity (Wildman–Crippen MR) is 64.7 cm³/mol. The fourth-order valence-electron chi connectivity index (χ4n) is 2.08. The molecular weight excluding hydrogens is 202 g/mol. The maximum atomic E-state index is 9.98. The Balaban J connectivity index is 2.24. The smallest absolute Gasteiger partial charge is 0.0807 e. The summed E-state index contributed by atoms with van der Waals surface area (Å²) in [6.45, 7) is 5.37. The lowest BCUT2D eigenvalue weighted by atomic mass is 10.0. The molecule has 0 saturated carbocycles. The van der Waals surface area contributed by atoms with Crippen molar-refractivity contribution in [1.82, 2.24) is 0 Å². The lowest BCUT2D eigenvalue weighted by Gasteiger charge is -2.31. The van der Waals surface area contributed by atoms with Gasteiger partial charge in [0.25, 0.3) is 0 Å². The number of hydrogen-bond acceptors (Lipinski definition) is 3. The third-order valence-electron chi connectivity index (χ3n) is 3.03. The first-order chi connectivity index (χ1) is 7.83. The van der Waals surface area contributed by atoms with E-state index in [4.69, 9.17) is 4.74 Å². The van der Waals surface area contributed by atoms with E-state index in [9.17, 15) is 5.11 Å². The van der Waals surface area contributed by atoms with Crippen LogP contribution < -0.4 is 4.90 Å². The highest BCUT2D eigenvalue weighted by Crippen LogP contribution is 2.28. The van der Waals surface area contributed by atoms with Crippen LogP contribution in [0.2, 0.25) is 0 Å². The molecule has 1 atom stereocenters. The van der Waals surface area contributed by atoms with E-state index in [-0.39, 0.29) is 6.10 Å². The lowest BCUT2D eigenvalue weighted by molar-refractivity contribution is 0.122. The quantitative estimate of drug-likeness (QED) is 0.847. The molecule has 1 aromatic carbocycles. The lowest BCUT2D eigenvalue weighted by Crippen LogP contribution is -2.36. The molecule has 0 unspecified atom stereocenters. The number of hydrogen-bond donors (Lipinski definition) is 1. The molecule has 1 aliphatic rings. The van der Waals surface area contributed by atoms with E-state index >= 15 is 0 Å². The monoisotopic (exact) mass is 221 g/mol. The maximum Gasteiger partial charge on any atom is 0.0807 e. The van der Waals surface area contributed by atoms with E-state index in [1.807, 2.05) is 25.1 Å². The molecule has 0 bridgehead atoms. The Kier molecular flexibility index (Phi) is 3.80. The first kappa shape index (κ1) is 11.4. The second kappa shape index (κ2) is 5.32. The molecule has 3 heteroatoms. The van der Waals surface area contributed by atoms with Gasteiger partial charge in [-0.3, -0.25) is 0 Å². The summed E-state index contributed by atoms with van der Waals surface area (Å²) < 4.78 is 5.34. The van der Waals surface area contributed by atoms with E-state index in [0.717, 1.165) is 44.0 Å². The Morgan fingerprint density at radius 3 is 2.69 bits per heavy atom. The van der Waals surface area contributed by atoms with E-state index in [0.29, 0.717) is 0 Å². The Morgan fingerprint density at radius 2 is 2.00 bits per heavy atom. The summed E-state index contributed by atoms with van der Waals surface area (Å²) in [5.74, 6) is 0. The average molecular weight is 221 g/mol. The van der Waals surface area contributed by atoms with E-state index in [1.165, 1.54) is 0 Å². The molecule has 88 valence electrons. The van der Waals surface area contributed by atoms with Crippen molar-refractivity contribution in [3.05, 3.63) is 29.8 Å². The van der Waals surface area contributed by atoms with E-state index in [2.05, 4.69) is 11.0 Å². The first-order valence-electron chi connectivity index (χ1n) is 5.92. The fourth-order valence-corrected chi connectivity index (χ4v) is 2.08. The standard InChI is InChI=1S/C13H19NO2/c1-2-13(15)11-5-3-4-6-12(11)14-7-9-16-10-8-14/h3-6,13,15H,2,7-10H2,1H3/t13-/m1/s1. The molecule has 0 aliphatic carbocycles. The molecule has 0 radical (unpaired) electrons. The topological polar surface area (TPSA) is 32.7 Å². The number of aliphatic hydroxyl groups excluding tert-OH is 1. The number of nitrogens with zero attached hydrogens (tertiary/aromatic N) is 1. The van der Waals surface area contributed by atoms with Gasteiger partial charge < -0.3 is 14.7 Å². The Bertz CT molecular complexity index is 334. The van der Waals surface area contributed by atoms with E-state index in [1.54, 1.807) is 0 Å². The third-order valence-corrected chi connectivity index (χ3v) is 3.03. The SMILES string of the molecule is CC[C@@H](O)c1ccccc1N1CCOCC1. The normalized spacial score (nSPS) is 18.5. The molecule has 3 nitrogen and oxygen atoms in total. The average Bonchev–Trinajstić information content (AvgIpc) is 2.39. The largest absolute Gasteiger partial charge is 0.388 e. The summed E-state index contributed by atoms with van der Waals surface area (Å²) in [4.78, 5) is 2.29. The van der Waals surface area contributed by atoms with Gasteiger partial charge in [-0.15, -0.1) is 0 Å². The van der Waals surface area contributed by atoms with Crippen LogP contribution in [0.5, 0.6) is 0 Å². The number of para-hydroxylation sites is 1. The van der Waals surface area contributed by atoms with Gasteiger partial charge in [0.2, 0.25) is 0 Å². The third kappa shape index (κ3) is 2.36. The summed E-state index contributed by atoms with van der Waals surface area (Å²) in [5, 5.41) is 9.98. The molecule has 16 heavy (non-hydrogen) atoms. The van der Waals surface area contributed by atoms with Gasteiger partial charge in [0.05, 0.1) is 19.3 Å². The number of rotatable bonds is 3. The second-order valence-corrected chi connectivity index (χ2v) is 4.08. The van der Waals surface area contributed by atoms with Gasteiger partial charge >= 0.3 is 0 Å². The van der Waals surface area contributed by atoms with Crippen LogP contribution in [-0.2, 0) is 4.74 Å². The van der Waals surface area contributed by atoms with Crippen molar-refractivity contribution < 1.29 is 9.84 Å². The van der Waals surface area contributed by atoms with Crippen molar-refractivity contribution in [1.29, 1.82) is 0 Å². The molecule has 0 spiro atoms. The number of aliphatic hydroxyl groups is 1. The van der Waals surface area contributed by atoms with Gasteiger partial charge in [-0.1, -0.05) is 25.1 Å². The van der Waals surface area contributed by atoms with Crippen LogP contribution in [-0.4, -0.2) is 31.4 Å². The highest BCUT2D eigenvalue weighted by molar-refractivity contribution is 5.54. The highest BCUT2D eigenvalue weighted by Gasteiger charge is 2.17. The van der Waals surface area contributed by atoms with Crippen molar-refractivity contribution in [2.75, 3.05) is 31.2 Å². The molecule has 1 heterocycles. The molecule has 2 rings (SSSR count). The molecule has 1 saturated heterocycles. The summed E-state index contributed by atoms with van der Waals surface area (Å²) in [6.07, 6.45) is 0.389. The van der Waals surface area contributed by atoms with Crippen molar-refractivity contribution in [3.8, 4) is 0 Å². The van der Waals surface area contributed by atoms with Gasteiger partial charge in [-0.2, -0.15) is 0 Å². The zero-order valence-electron chi connectivity index (χ0n) is 9.72. The van der Waals surface area contributed by atoms with Gasteiger partial charge in [-0.25, -0.2) is 0 Å². The van der Waals surface area contributed by atoms with Crippen LogP contribution in [0.3, 0.4) is 0 Å². The van der Waals surface area contributed by atoms with Gasteiger partial charge in [0.15, 0.2) is 0 Å². The summed E-state index contributed by atoms with van der Waals surface area (Å²) in [6, 6.07) is 8.10. The zero-order chi connectivity index (χ0) is 11.4. The number of ether oxygens (including phenoxy) is 1. The maximum absolute atomic E-state index is 9.98. The first-order valence-corrected chi connectivity index (χ1v) is 5.92. The van der Waals surface area contributed by atoms with Gasteiger partial charge in [0.1, 0.15) is 0 Å². The van der Waals surface area contributed by atoms with Crippen LogP contribution in [0.15, 0.2) is 24.3 Å². The molecule has 1 fully saturated rings. The predicted octanol–water partition coefficient (Wildman–Crippen LogP) is 1.97. The van der Waals surface area contributed by atoms with Crippen LogP contribution >= 0.6 is 0 Å². The van der Waals surface area contributed by atoms with Crippen LogP contribution in [0, 0.1) is 0 Å². The fraction of sp³-hybridized carbons (Fsp3) is 0.538. The number of morpholine rings is 1. The van der Waals surface area contributed by atoms with Crippen LogP contribution in [0.4, 0.5) is 5.69 Å². The van der Waals surface area contributed by atoms with Crippen molar-refractivity contribution in [3.63, 3.8) is 0 Å². The van der Waals surface area contributed by atoms with Crippen molar-refractivity contribution >= 4 is 5.69 Å². The van der Waals surface area contributed by atoms with Crippen molar-refractivity contribution in [2.24, 2.45) is 0 Å². The summed E-state index contributed by atoms with van der Waals surface area (Å²) in [5.41, 5.74) is 2.19. The summed E-state index contributed by atoms with van der Waals surface area (Å²) in [7, 11) is 0. The van der Waals surface area contributed by atoms with Crippen LogP contribution in [0.25, 0.3) is 0 Å². The van der Waals surface area contributed by atoms with Crippen molar-refractivity contribution in [2.45, 2.75) is 19.4 Å². The molecular formula is C13H19NO2. The van der Waals surface area contributed by atoms with Gasteiger partial charge in [0, 0.05) is 24.3 Å². The zero-order valence-corrected chi connectivity index (χ0v) is 9.72. The Morgan fingerprint density at radius 1 is 1.31 bits per heavy atom. The number of benzene rings is 1.